The fourth-order valence-corrected chi connectivity index (χ4v) is 3.13. The lowest BCUT2D eigenvalue weighted by Crippen LogP contribution is -2.23. The first-order valence-electron chi connectivity index (χ1n) is 6.64. The first-order chi connectivity index (χ1) is 10.4. The molecule has 0 aromatic heterocycles. The number of anilines is 1. The summed E-state index contributed by atoms with van der Waals surface area (Å²) in [6.07, 6.45) is 0. The third kappa shape index (κ3) is 3.85. The lowest BCUT2D eigenvalue weighted by Gasteiger charge is -2.10. The number of nitrogens with one attached hydrogen (secondary N) is 1. The van der Waals surface area contributed by atoms with E-state index in [-0.39, 0.29) is 4.90 Å². The zero-order valence-electron chi connectivity index (χ0n) is 12.4. The van der Waals surface area contributed by atoms with Crippen LogP contribution in [-0.4, -0.2) is 27.2 Å². The summed E-state index contributed by atoms with van der Waals surface area (Å²) >= 11 is 0. The molecule has 0 aliphatic heterocycles. The number of carbonyl (C=O) groups is 1. The van der Waals surface area contributed by atoms with Gasteiger partial charge in [0.1, 0.15) is 11.5 Å². The molecule has 0 aliphatic rings. The molecule has 5 nitrogen and oxygen atoms in total. The number of hydrogen-bond acceptors (Lipinski definition) is 4. The van der Waals surface area contributed by atoms with E-state index in [2.05, 4.69) is 5.32 Å². The second kappa shape index (κ2) is 6.62. The third-order valence-electron chi connectivity index (χ3n) is 3.13. The van der Waals surface area contributed by atoms with Gasteiger partial charge >= 0.3 is 0 Å². The Kier molecular flexibility index (Phi) is 4.82. The molecule has 0 fully saturated rings. The molecule has 6 heteroatoms. The van der Waals surface area contributed by atoms with Gasteiger partial charge in [-0.05, 0) is 42.8 Å². The smallest absolute Gasteiger partial charge is 0.239 e. The lowest BCUT2D eigenvalue weighted by atomic mass is 10.2. The largest absolute Gasteiger partial charge is 0.497 e. The monoisotopic (exact) mass is 319 g/mol. The van der Waals surface area contributed by atoms with Crippen molar-refractivity contribution in [1.29, 1.82) is 0 Å². The number of aryl methyl sites for hydroxylation is 1. The van der Waals surface area contributed by atoms with Gasteiger partial charge in [-0.1, -0.05) is 18.2 Å². The number of ether oxygens (including phenoxy) is 1. The summed E-state index contributed by atoms with van der Waals surface area (Å²) in [5.74, 6) is -0.493. The quantitative estimate of drug-likeness (QED) is 0.918. The van der Waals surface area contributed by atoms with Crippen LogP contribution in [-0.2, 0) is 14.6 Å². The maximum absolute atomic E-state index is 12.1. The molecular formula is C16H17NO4S. The number of methoxy groups -OCH3 is 1. The molecule has 0 saturated heterocycles. The molecule has 2 aromatic carbocycles. The van der Waals surface area contributed by atoms with Crippen LogP contribution in [0, 0.1) is 6.92 Å². The van der Waals surface area contributed by atoms with Gasteiger partial charge in [0.25, 0.3) is 0 Å². The highest BCUT2D eigenvalue weighted by Gasteiger charge is 2.19. The van der Waals surface area contributed by atoms with Crippen molar-refractivity contribution in [1.82, 2.24) is 0 Å². The molecule has 116 valence electrons. The van der Waals surface area contributed by atoms with Gasteiger partial charge in [-0.25, -0.2) is 8.42 Å². The standard InChI is InChI=1S/C16H17NO4S/c1-12-10-13(21-2)8-9-15(12)17-16(18)11-22(19,20)14-6-4-3-5-7-14/h3-10H,11H2,1-2H3,(H,17,18). The van der Waals surface area contributed by atoms with E-state index in [1.165, 1.54) is 12.1 Å². The van der Waals surface area contributed by atoms with Gasteiger partial charge in [-0.2, -0.15) is 0 Å². The van der Waals surface area contributed by atoms with Gasteiger partial charge in [-0.3, -0.25) is 4.79 Å². The van der Waals surface area contributed by atoms with E-state index >= 15 is 0 Å². The number of hydrogen-bond donors (Lipinski definition) is 1. The van der Waals surface area contributed by atoms with Crippen molar-refractivity contribution in [2.75, 3.05) is 18.2 Å². The summed E-state index contributed by atoms with van der Waals surface area (Å²) in [4.78, 5) is 12.1. The van der Waals surface area contributed by atoms with Crippen LogP contribution in [0.2, 0.25) is 0 Å². The fourth-order valence-electron chi connectivity index (χ4n) is 1.97. The van der Waals surface area contributed by atoms with Crippen LogP contribution in [0.25, 0.3) is 0 Å². The van der Waals surface area contributed by atoms with E-state index in [9.17, 15) is 13.2 Å². The minimum Gasteiger partial charge on any atom is -0.497 e. The van der Waals surface area contributed by atoms with Crippen molar-refractivity contribution in [2.45, 2.75) is 11.8 Å². The van der Waals surface area contributed by atoms with Crippen LogP contribution in [0.15, 0.2) is 53.4 Å². The highest BCUT2D eigenvalue weighted by atomic mass is 32.2. The van der Waals surface area contributed by atoms with Gasteiger partial charge in [0.2, 0.25) is 5.91 Å². The van der Waals surface area contributed by atoms with Crippen LogP contribution in [0.1, 0.15) is 5.56 Å². The summed E-state index contributed by atoms with van der Waals surface area (Å²) in [7, 11) is -2.09. The maximum atomic E-state index is 12.1. The van der Waals surface area contributed by atoms with Crippen molar-refractivity contribution in [3.63, 3.8) is 0 Å². The van der Waals surface area contributed by atoms with Crippen molar-refractivity contribution in [2.24, 2.45) is 0 Å². The van der Waals surface area contributed by atoms with Crippen LogP contribution in [0.5, 0.6) is 5.75 Å². The first-order valence-corrected chi connectivity index (χ1v) is 8.30. The number of rotatable bonds is 5. The van der Waals surface area contributed by atoms with Crippen molar-refractivity contribution < 1.29 is 17.9 Å². The Bertz CT molecular complexity index is 770. The third-order valence-corrected chi connectivity index (χ3v) is 4.76. The van der Waals surface area contributed by atoms with Crippen LogP contribution in [0.3, 0.4) is 0 Å². The van der Waals surface area contributed by atoms with Crippen molar-refractivity contribution in [3.8, 4) is 5.75 Å². The maximum Gasteiger partial charge on any atom is 0.239 e. The Balaban J connectivity index is 2.10. The van der Waals surface area contributed by atoms with Gasteiger partial charge in [0, 0.05) is 5.69 Å². The fraction of sp³-hybridized carbons (Fsp3) is 0.188. The van der Waals surface area contributed by atoms with Gasteiger partial charge in [-0.15, -0.1) is 0 Å². The van der Waals surface area contributed by atoms with E-state index < -0.39 is 21.5 Å². The zero-order valence-corrected chi connectivity index (χ0v) is 13.2. The van der Waals surface area contributed by atoms with Crippen LogP contribution < -0.4 is 10.1 Å². The van der Waals surface area contributed by atoms with Gasteiger partial charge in [0.15, 0.2) is 9.84 Å². The molecule has 0 radical (unpaired) electrons. The Hall–Kier alpha value is -2.34. The molecule has 2 rings (SSSR count). The molecule has 0 heterocycles. The molecule has 0 aliphatic carbocycles. The summed E-state index contributed by atoms with van der Waals surface area (Å²) < 4.78 is 29.4. The summed E-state index contributed by atoms with van der Waals surface area (Å²) in [6, 6.07) is 13.1. The topological polar surface area (TPSA) is 72.5 Å². The Morgan fingerprint density at radius 2 is 1.82 bits per heavy atom. The number of sulfone groups is 1. The average Bonchev–Trinajstić information content (AvgIpc) is 2.49. The Morgan fingerprint density at radius 3 is 2.41 bits per heavy atom. The van der Waals surface area contributed by atoms with Crippen molar-refractivity contribution in [3.05, 3.63) is 54.1 Å². The predicted octanol–water partition coefficient (Wildman–Crippen LogP) is 2.42. The molecule has 0 bridgehead atoms. The molecule has 1 amide bonds. The molecule has 0 unspecified atom stereocenters. The highest BCUT2D eigenvalue weighted by molar-refractivity contribution is 7.92. The van der Waals surface area contributed by atoms with E-state index in [4.69, 9.17) is 4.74 Å². The number of amides is 1. The number of carbonyl (C=O) groups excluding carboxylic acids is 1. The average molecular weight is 319 g/mol. The molecule has 0 atom stereocenters. The molecule has 2 aromatic rings. The second-order valence-electron chi connectivity index (χ2n) is 4.80. The summed E-state index contributed by atoms with van der Waals surface area (Å²) in [6.45, 7) is 1.81. The van der Waals surface area contributed by atoms with E-state index in [0.29, 0.717) is 11.4 Å². The minimum absolute atomic E-state index is 0.136. The molecule has 0 spiro atoms. The number of benzene rings is 2. The molecule has 1 N–H and O–H groups in total. The minimum atomic E-state index is -3.64. The van der Waals surface area contributed by atoms with Crippen molar-refractivity contribution >= 4 is 21.4 Å². The Labute approximate surface area is 129 Å². The SMILES string of the molecule is COc1ccc(NC(=O)CS(=O)(=O)c2ccccc2)c(C)c1. The van der Waals surface area contributed by atoms with Crippen LogP contribution in [0.4, 0.5) is 5.69 Å². The lowest BCUT2D eigenvalue weighted by molar-refractivity contribution is -0.113. The van der Waals surface area contributed by atoms with Gasteiger partial charge in [0.05, 0.1) is 12.0 Å². The first kappa shape index (κ1) is 16.0. The highest BCUT2D eigenvalue weighted by Crippen LogP contribution is 2.21. The Morgan fingerprint density at radius 1 is 1.14 bits per heavy atom. The summed E-state index contributed by atoms with van der Waals surface area (Å²) in [5, 5.41) is 2.61. The van der Waals surface area contributed by atoms with E-state index in [1.54, 1.807) is 43.5 Å². The molecule has 22 heavy (non-hydrogen) atoms. The molecular weight excluding hydrogens is 302 g/mol. The molecule has 0 saturated carbocycles. The van der Waals surface area contributed by atoms with E-state index in [1.807, 2.05) is 6.92 Å². The van der Waals surface area contributed by atoms with Gasteiger partial charge < -0.3 is 10.1 Å². The summed E-state index contributed by atoms with van der Waals surface area (Å²) in [5.41, 5.74) is 1.36. The van der Waals surface area contributed by atoms with E-state index in [0.717, 1.165) is 5.56 Å². The zero-order chi connectivity index (χ0) is 16.2. The predicted molar refractivity (Wildman–Crippen MR) is 84.9 cm³/mol. The second-order valence-corrected chi connectivity index (χ2v) is 6.79. The van der Waals surface area contributed by atoms with Crippen LogP contribution >= 0.6 is 0 Å². The normalized spacial score (nSPS) is 11.0.